The minimum absolute atomic E-state index is 0.107. The highest BCUT2D eigenvalue weighted by atomic mass is 32.2. The van der Waals surface area contributed by atoms with Crippen molar-refractivity contribution in [1.29, 1.82) is 0 Å². The highest BCUT2D eigenvalue weighted by Crippen LogP contribution is 2.24. The van der Waals surface area contributed by atoms with Crippen LogP contribution in [0.1, 0.15) is 11.5 Å². The van der Waals surface area contributed by atoms with Gasteiger partial charge in [0, 0.05) is 12.5 Å². The fraction of sp³-hybridized carbons (Fsp3) is 0.154. The molecule has 2 heterocycles. The molecule has 0 aliphatic carbocycles. The van der Waals surface area contributed by atoms with Gasteiger partial charge in [-0.15, -0.1) is 3.97 Å². The SMILES string of the molecule is Cc1noc(C)c1OS(=O)n1c(-c2ccccc2)noc1=O. The van der Waals surface area contributed by atoms with Crippen molar-refractivity contribution in [3.63, 3.8) is 0 Å². The van der Waals surface area contributed by atoms with Crippen LogP contribution >= 0.6 is 0 Å². The van der Waals surface area contributed by atoms with Gasteiger partial charge < -0.3 is 8.71 Å². The van der Waals surface area contributed by atoms with Crippen LogP contribution in [-0.4, -0.2) is 18.5 Å². The second-order valence-corrected chi connectivity index (χ2v) is 5.35. The molecular formula is C13H11N3O5S. The lowest BCUT2D eigenvalue weighted by Gasteiger charge is -2.05. The highest BCUT2D eigenvalue weighted by Gasteiger charge is 2.22. The zero-order valence-electron chi connectivity index (χ0n) is 11.7. The summed E-state index contributed by atoms with van der Waals surface area (Å²) < 4.78 is 28.0. The second-order valence-electron chi connectivity index (χ2n) is 4.39. The maximum Gasteiger partial charge on any atom is 0.456 e. The van der Waals surface area contributed by atoms with Gasteiger partial charge in [0.1, 0.15) is 5.69 Å². The third kappa shape index (κ3) is 2.46. The molecular weight excluding hydrogens is 310 g/mol. The summed E-state index contributed by atoms with van der Waals surface area (Å²) in [6.07, 6.45) is 0. The summed E-state index contributed by atoms with van der Waals surface area (Å²) in [6, 6.07) is 8.75. The van der Waals surface area contributed by atoms with Crippen molar-refractivity contribution in [3.05, 3.63) is 52.3 Å². The zero-order chi connectivity index (χ0) is 15.7. The van der Waals surface area contributed by atoms with E-state index in [0.29, 0.717) is 17.0 Å². The van der Waals surface area contributed by atoms with Crippen LogP contribution < -0.4 is 9.94 Å². The molecule has 0 fully saturated rings. The summed E-state index contributed by atoms with van der Waals surface area (Å²) in [5.74, 6) is -0.207. The fourth-order valence-corrected chi connectivity index (χ4v) is 2.72. The van der Waals surface area contributed by atoms with Gasteiger partial charge in [-0.25, -0.2) is 4.79 Å². The van der Waals surface area contributed by atoms with E-state index in [0.717, 1.165) is 3.97 Å². The molecule has 0 radical (unpaired) electrons. The van der Waals surface area contributed by atoms with E-state index in [1.54, 1.807) is 38.1 Å². The van der Waals surface area contributed by atoms with Gasteiger partial charge in [0.05, 0.1) is 0 Å². The topological polar surface area (TPSA) is 100 Å². The molecule has 3 aromatic rings. The monoisotopic (exact) mass is 321 g/mol. The van der Waals surface area contributed by atoms with Crippen molar-refractivity contribution in [2.24, 2.45) is 0 Å². The molecule has 22 heavy (non-hydrogen) atoms. The normalized spacial score (nSPS) is 12.3. The van der Waals surface area contributed by atoms with Crippen LogP contribution in [0.4, 0.5) is 0 Å². The quantitative estimate of drug-likeness (QED) is 0.719. The Kier molecular flexibility index (Phi) is 3.63. The first-order valence-electron chi connectivity index (χ1n) is 6.25. The molecule has 114 valence electrons. The summed E-state index contributed by atoms with van der Waals surface area (Å²) in [6.45, 7) is 3.25. The molecule has 2 aromatic heterocycles. The Balaban J connectivity index is 2.00. The van der Waals surface area contributed by atoms with Crippen molar-refractivity contribution in [3.8, 4) is 17.1 Å². The van der Waals surface area contributed by atoms with E-state index in [4.69, 9.17) is 8.71 Å². The Morgan fingerprint density at radius 3 is 2.50 bits per heavy atom. The summed E-state index contributed by atoms with van der Waals surface area (Å²) in [5.41, 5.74) is 1.00. The van der Waals surface area contributed by atoms with Crippen LogP contribution in [0.25, 0.3) is 11.4 Å². The van der Waals surface area contributed by atoms with Crippen LogP contribution in [0.15, 0.2) is 44.2 Å². The number of hydrogen-bond donors (Lipinski definition) is 0. The third-order valence-electron chi connectivity index (χ3n) is 2.87. The summed E-state index contributed by atoms with van der Waals surface area (Å²) in [5, 5.41) is 7.34. The van der Waals surface area contributed by atoms with Crippen molar-refractivity contribution >= 4 is 11.3 Å². The van der Waals surface area contributed by atoms with Crippen LogP contribution in [0.3, 0.4) is 0 Å². The minimum atomic E-state index is -2.18. The lowest BCUT2D eigenvalue weighted by atomic mass is 10.2. The van der Waals surface area contributed by atoms with Gasteiger partial charge in [-0.2, -0.15) is 4.21 Å². The molecule has 0 amide bonds. The number of nitrogens with zero attached hydrogens (tertiary/aromatic N) is 3. The van der Waals surface area contributed by atoms with Crippen molar-refractivity contribution in [1.82, 2.24) is 14.3 Å². The largest absolute Gasteiger partial charge is 0.456 e. The van der Waals surface area contributed by atoms with E-state index in [1.165, 1.54) is 0 Å². The molecule has 0 saturated carbocycles. The van der Waals surface area contributed by atoms with Gasteiger partial charge in [-0.3, -0.25) is 4.52 Å². The van der Waals surface area contributed by atoms with E-state index >= 15 is 0 Å². The van der Waals surface area contributed by atoms with Gasteiger partial charge in [-0.05, 0) is 6.92 Å². The van der Waals surface area contributed by atoms with Crippen LogP contribution in [-0.2, 0) is 11.3 Å². The molecule has 1 unspecified atom stereocenters. The first-order chi connectivity index (χ1) is 10.6. The third-order valence-corrected chi connectivity index (χ3v) is 3.80. The van der Waals surface area contributed by atoms with E-state index in [-0.39, 0.29) is 11.6 Å². The average Bonchev–Trinajstić information content (AvgIpc) is 3.05. The Bertz CT molecular complexity index is 861. The maximum atomic E-state index is 12.4. The first-order valence-corrected chi connectivity index (χ1v) is 7.28. The summed E-state index contributed by atoms with van der Waals surface area (Å²) in [7, 11) is 0. The molecule has 0 bridgehead atoms. The number of aromatic nitrogens is 3. The molecule has 9 heteroatoms. The Labute approximate surface area is 127 Å². The van der Waals surface area contributed by atoms with Crippen LogP contribution in [0, 0.1) is 13.8 Å². The lowest BCUT2D eigenvalue weighted by Crippen LogP contribution is -2.23. The minimum Gasteiger partial charge on any atom is -0.379 e. The van der Waals surface area contributed by atoms with E-state index in [9.17, 15) is 9.00 Å². The Hall–Kier alpha value is -2.68. The summed E-state index contributed by atoms with van der Waals surface area (Å²) in [4.78, 5) is 11.8. The molecule has 0 N–H and O–H groups in total. The lowest BCUT2D eigenvalue weighted by molar-refractivity contribution is 0.383. The molecule has 0 spiro atoms. The van der Waals surface area contributed by atoms with E-state index < -0.39 is 17.0 Å². The van der Waals surface area contributed by atoms with Gasteiger partial charge in [0.25, 0.3) is 0 Å². The van der Waals surface area contributed by atoms with E-state index in [1.807, 2.05) is 6.07 Å². The first kappa shape index (κ1) is 14.3. The number of benzene rings is 1. The number of hydrogen-bond acceptors (Lipinski definition) is 7. The van der Waals surface area contributed by atoms with Crippen molar-refractivity contribution in [2.45, 2.75) is 13.8 Å². The van der Waals surface area contributed by atoms with Gasteiger partial charge in [-0.1, -0.05) is 40.6 Å². The molecule has 0 aliphatic heterocycles. The predicted octanol–water partition coefficient (Wildman–Crippen LogP) is 1.61. The second kappa shape index (κ2) is 5.60. The predicted molar refractivity (Wildman–Crippen MR) is 76.3 cm³/mol. The highest BCUT2D eigenvalue weighted by molar-refractivity contribution is 7.79. The van der Waals surface area contributed by atoms with E-state index in [2.05, 4.69) is 14.8 Å². The average molecular weight is 321 g/mol. The molecule has 0 aliphatic rings. The van der Waals surface area contributed by atoms with Crippen LogP contribution in [0.2, 0.25) is 0 Å². The van der Waals surface area contributed by atoms with Crippen molar-refractivity contribution < 1.29 is 17.4 Å². The molecule has 3 rings (SSSR count). The van der Waals surface area contributed by atoms with Crippen LogP contribution in [0.5, 0.6) is 5.75 Å². The molecule has 1 atom stereocenters. The standard InChI is InChI=1S/C13H11N3O5S/c1-8-11(9(2)19-14-8)21-22(18)16-12(15-20-13(16)17)10-6-4-3-5-7-10/h3-7H,1-2H3. The summed E-state index contributed by atoms with van der Waals surface area (Å²) >= 11 is -2.18. The Morgan fingerprint density at radius 1 is 1.14 bits per heavy atom. The molecule has 0 saturated heterocycles. The molecule has 8 nitrogen and oxygen atoms in total. The zero-order valence-corrected chi connectivity index (χ0v) is 12.5. The van der Waals surface area contributed by atoms with Gasteiger partial charge in [0.2, 0.25) is 11.6 Å². The molecule has 1 aromatic carbocycles. The van der Waals surface area contributed by atoms with Crippen molar-refractivity contribution in [2.75, 3.05) is 0 Å². The number of rotatable bonds is 4. The maximum absolute atomic E-state index is 12.4. The number of aryl methyl sites for hydroxylation is 2. The van der Waals surface area contributed by atoms with Gasteiger partial charge >= 0.3 is 17.0 Å². The smallest absolute Gasteiger partial charge is 0.379 e. The fourth-order valence-electron chi connectivity index (χ4n) is 1.83. The van der Waals surface area contributed by atoms with Gasteiger partial charge in [0.15, 0.2) is 5.76 Å². The Morgan fingerprint density at radius 2 is 1.86 bits per heavy atom.